The summed E-state index contributed by atoms with van der Waals surface area (Å²) in [5.74, 6) is 0.738. The van der Waals surface area contributed by atoms with E-state index in [0.29, 0.717) is 11.5 Å². The Morgan fingerprint density at radius 2 is 2.00 bits per heavy atom. The van der Waals surface area contributed by atoms with Crippen LogP contribution in [0.2, 0.25) is 0 Å². The van der Waals surface area contributed by atoms with Crippen LogP contribution >= 0.6 is 0 Å². The summed E-state index contributed by atoms with van der Waals surface area (Å²) < 4.78 is 0. The SMILES string of the molecule is CC(C)C(C)(C)CNCC1CCCCCN1. The molecule has 2 N–H and O–H groups in total. The fraction of sp³-hybridized carbons (Fsp3) is 1.00. The summed E-state index contributed by atoms with van der Waals surface area (Å²) >= 11 is 0. The highest BCUT2D eigenvalue weighted by Crippen LogP contribution is 2.24. The largest absolute Gasteiger partial charge is 0.315 e. The van der Waals surface area contributed by atoms with E-state index in [9.17, 15) is 0 Å². The van der Waals surface area contributed by atoms with Gasteiger partial charge in [0.05, 0.1) is 0 Å². The Balaban J connectivity index is 2.18. The first-order chi connectivity index (χ1) is 7.52. The molecule has 0 aromatic rings. The summed E-state index contributed by atoms with van der Waals surface area (Å²) in [6.07, 6.45) is 5.50. The highest BCUT2D eigenvalue weighted by Gasteiger charge is 2.22. The van der Waals surface area contributed by atoms with Gasteiger partial charge in [-0.2, -0.15) is 0 Å². The second kappa shape index (κ2) is 6.61. The van der Waals surface area contributed by atoms with Crippen LogP contribution in [0, 0.1) is 11.3 Å². The van der Waals surface area contributed by atoms with Gasteiger partial charge in [-0.25, -0.2) is 0 Å². The van der Waals surface area contributed by atoms with Crippen molar-refractivity contribution >= 4 is 0 Å². The lowest BCUT2D eigenvalue weighted by Crippen LogP contribution is -2.42. The van der Waals surface area contributed by atoms with Crippen molar-refractivity contribution in [3.63, 3.8) is 0 Å². The molecule has 1 heterocycles. The summed E-state index contributed by atoms with van der Waals surface area (Å²) in [4.78, 5) is 0. The van der Waals surface area contributed by atoms with Crippen LogP contribution in [-0.2, 0) is 0 Å². The predicted molar refractivity (Wildman–Crippen MR) is 71.7 cm³/mol. The van der Waals surface area contributed by atoms with Gasteiger partial charge in [0.15, 0.2) is 0 Å². The number of nitrogens with one attached hydrogen (secondary N) is 2. The predicted octanol–water partition coefficient (Wildman–Crippen LogP) is 2.79. The van der Waals surface area contributed by atoms with Gasteiger partial charge in [-0.3, -0.25) is 0 Å². The molecule has 0 saturated carbocycles. The normalized spacial score (nSPS) is 23.4. The Morgan fingerprint density at radius 1 is 1.25 bits per heavy atom. The minimum absolute atomic E-state index is 0.407. The van der Waals surface area contributed by atoms with Gasteiger partial charge in [-0.1, -0.05) is 40.5 Å². The zero-order chi connectivity index (χ0) is 12.0. The molecule has 2 nitrogen and oxygen atoms in total. The Kier molecular flexibility index (Phi) is 5.77. The summed E-state index contributed by atoms with van der Waals surface area (Å²) in [6, 6.07) is 0.700. The van der Waals surface area contributed by atoms with E-state index in [1.165, 1.54) is 32.2 Å². The van der Waals surface area contributed by atoms with E-state index in [2.05, 4.69) is 38.3 Å². The highest BCUT2D eigenvalue weighted by atomic mass is 15.0. The maximum Gasteiger partial charge on any atom is 0.0192 e. The Bertz CT molecular complexity index is 179. The van der Waals surface area contributed by atoms with Crippen molar-refractivity contribution in [1.29, 1.82) is 0 Å². The summed E-state index contributed by atoms with van der Waals surface area (Å²) in [5, 5.41) is 7.28. The van der Waals surface area contributed by atoms with Gasteiger partial charge in [0.2, 0.25) is 0 Å². The van der Waals surface area contributed by atoms with Crippen molar-refractivity contribution in [3.05, 3.63) is 0 Å². The molecule has 1 fully saturated rings. The molecule has 96 valence electrons. The van der Waals surface area contributed by atoms with Crippen molar-refractivity contribution in [1.82, 2.24) is 10.6 Å². The highest BCUT2D eigenvalue weighted by molar-refractivity contribution is 4.78. The maximum atomic E-state index is 3.64. The second-order valence-corrected chi connectivity index (χ2v) is 6.27. The average molecular weight is 226 g/mol. The molecule has 0 bridgehead atoms. The molecule has 1 aliphatic rings. The topological polar surface area (TPSA) is 24.1 Å². The monoisotopic (exact) mass is 226 g/mol. The van der Waals surface area contributed by atoms with E-state index in [1.807, 2.05) is 0 Å². The average Bonchev–Trinajstić information content (AvgIpc) is 2.46. The van der Waals surface area contributed by atoms with Crippen LogP contribution in [-0.4, -0.2) is 25.7 Å². The molecule has 1 rings (SSSR count). The van der Waals surface area contributed by atoms with E-state index in [1.54, 1.807) is 0 Å². The van der Waals surface area contributed by atoms with E-state index >= 15 is 0 Å². The van der Waals surface area contributed by atoms with Gasteiger partial charge in [-0.15, -0.1) is 0 Å². The quantitative estimate of drug-likeness (QED) is 0.753. The molecular formula is C14H30N2. The van der Waals surface area contributed by atoms with Gasteiger partial charge >= 0.3 is 0 Å². The first-order valence-electron chi connectivity index (χ1n) is 6.96. The van der Waals surface area contributed by atoms with Crippen LogP contribution in [0.25, 0.3) is 0 Å². The van der Waals surface area contributed by atoms with Crippen LogP contribution in [0.1, 0.15) is 53.4 Å². The minimum Gasteiger partial charge on any atom is -0.315 e. The lowest BCUT2D eigenvalue weighted by Gasteiger charge is -2.30. The van der Waals surface area contributed by atoms with Crippen molar-refractivity contribution in [3.8, 4) is 0 Å². The fourth-order valence-corrected chi connectivity index (χ4v) is 2.05. The summed E-state index contributed by atoms with van der Waals surface area (Å²) in [6.45, 7) is 12.8. The Labute approximate surface area is 102 Å². The molecule has 0 spiro atoms. The lowest BCUT2D eigenvalue weighted by molar-refractivity contribution is 0.234. The first-order valence-corrected chi connectivity index (χ1v) is 6.96. The van der Waals surface area contributed by atoms with Gasteiger partial charge in [0.1, 0.15) is 0 Å². The van der Waals surface area contributed by atoms with Crippen LogP contribution < -0.4 is 10.6 Å². The van der Waals surface area contributed by atoms with Crippen molar-refractivity contribution < 1.29 is 0 Å². The summed E-state index contributed by atoms with van der Waals surface area (Å²) in [5.41, 5.74) is 0.407. The summed E-state index contributed by atoms with van der Waals surface area (Å²) in [7, 11) is 0. The second-order valence-electron chi connectivity index (χ2n) is 6.27. The zero-order valence-electron chi connectivity index (χ0n) is 11.6. The molecule has 1 saturated heterocycles. The van der Waals surface area contributed by atoms with E-state index in [-0.39, 0.29) is 0 Å². The minimum atomic E-state index is 0.407. The molecule has 1 unspecified atom stereocenters. The third-order valence-corrected chi connectivity index (χ3v) is 4.20. The lowest BCUT2D eigenvalue weighted by atomic mass is 9.81. The number of hydrogen-bond acceptors (Lipinski definition) is 2. The van der Waals surface area contributed by atoms with Gasteiger partial charge in [0, 0.05) is 19.1 Å². The first kappa shape index (κ1) is 14.0. The molecule has 0 aromatic heterocycles. The van der Waals surface area contributed by atoms with Crippen LogP contribution in [0.3, 0.4) is 0 Å². The maximum absolute atomic E-state index is 3.64. The van der Waals surface area contributed by atoms with E-state index in [0.717, 1.165) is 19.0 Å². The zero-order valence-corrected chi connectivity index (χ0v) is 11.6. The molecule has 1 atom stereocenters. The third kappa shape index (κ3) is 4.84. The Morgan fingerprint density at radius 3 is 2.69 bits per heavy atom. The van der Waals surface area contributed by atoms with Gasteiger partial charge in [0.25, 0.3) is 0 Å². The van der Waals surface area contributed by atoms with E-state index in [4.69, 9.17) is 0 Å². The van der Waals surface area contributed by atoms with Crippen LogP contribution in [0.5, 0.6) is 0 Å². The molecule has 0 radical (unpaired) electrons. The van der Waals surface area contributed by atoms with Gasteiger partial charge in [-0.05, 0) is 30.7 Å². The smallest absolute Gasteiger partial charge is 0.0192 e. The van der Waals surface area contributed by atoms with Crippen LogP contribution in [0.15, 0.2) is 0 Å². The Hall–Kier alpha value is -0.0800. The molecule has 0 amide bonds. The van der Waals surface area contributed by atoms with Crippen molar-refractivity contribution in [2.45, 2.75) is 59.4 Å². The molecule has 0 aromatic carbocycles. The molecule has 0 aliphatic carbocycles. The van der Waals surface area contributed by atoms with Crippen LogP contribution in [0.4, 0.5) is 0 Å². The van der Waals surface area contributed by atoms with E-state index < -0.39 is 0 Å². The van der Waals surface area contributed by atoms with Crippen molar-refractivity contribution in [2.75, 3.05) is 19.6 Å². The number of hydrogen-bond donors (Lipinski definition) is 2. The molecule has 1 aliphatic heterocycles. The standard InChI is InChI=1S/C14H30N2/c1-12(2)14(3,4)11-15-10-13-8-6-5-7-9-16-13/h12-13,15-16H,5-11H2,1-4H3. The number of rotatable bonds is 5. The van der Waals surface area contributed by atoms with Gasteiger partial charge < -0.3 is 10.6 Å². The fourth-order valence-electron chi connectivity index (χ4n) is 2.05. The van der Waals surface area contributed by atoms with Crippen molar-refractivity contribution in [2.24, 2.45) is 11.3 Å². The third-order valence-electron chi connectivity index (χ3n) is 4.20. The molecule has 2 heteroatoms. The molecular weight excluding hydrogens is 196 g/mol. The molecule has 16 heavy (non-hydrogen) atoms.